The van der Waals surface area contributed by atoms with Gasteiger partial charge in [-0.05, 0) is 61.6 Å². The molecule has 0 aliphatic heterocycles. The molecule has 144 valence electrons. The van der Waals surface area contributed by atoms with Gasteiger partial charge < -0.3 is 9.84 Å². The summed E-state index contributed by atoms with van der Waals surface area (Å²) in [5.74, 6) is 0.739. The fraction of sp³-hybridized carbons (Fsp3) is 0.304. The second kappa shape index (κ2) is 9.20. The number of aryl methyl sites for hydroxylation is 3. The summed E-state index contributed by atoms with van der Waals surface area (Å²) in [5, 5.41) is 23.1. The van der Waals surface area contributed by atoms with Crippen LogP contribution in [-0.4, -0.2) is 21.5 Å². The van der Waals surface area contributed by atoms with E-state index in [4.69, 9.17) is 9.84 Å². The third kappa shape index (κ3) is 4.41. The first kappa shape index (κ1) is 19.7. The molecule has 2 aromatic carbocycles. The van der Waals surface area contributed by atoms with Gasteiger partial charge in [-0.1, -0.05) is 31.2 Å². The average Bonchev–Trinajstić information content (AvgIpc) is 3.06. The second-order valence-electron chi connectivity index (χ2n) is 6.71. The molecule has 3 aromatic rings. The molecule has 1 N–H and O–H groups in total. The van der Waals surface area contributed by atoms with Crippen LogP contribution in [0.5, 0.6) is 5.75 Å². The summed E-state index contributed by atoms with van der Waals surface area (Å²) in [6.07, 6.45) is 2.57. The number of ether oxygens (including phenoxy) is 1. The van der Waals surface area contributed by atoms with Gasteiger partial charge in [-0.3, -0.25) is 0 Å². The molecule has 0 amide bonds. The van der Waals surface area contributed by atoms with Crippen LogP contribution in [0.2, 0.25) is 0 Å². The summed E-state index contributed by atoms with van der Waals surface area (Å²) >= 11 is 0. The molecular formula is C23H25N3O2. The fourth-order valence-electron chi connectivity index (χ4n) is 3.13. The van der Waals surface area contributed by atoms with Gasteiger partial charge in [-0.25, -0.2) is 4.68 Å². The Labute approximate surface area is 165 Å². The minimum absolute atomic E-state index is 0.192. The van der Waals surface area contributed by atoms with Crippen molar-refractivity contribution in [1.82, 2.24) is 9.78 Å². The molecule has 0 radical (unpaired) electrons. The molecule has 0 fully saturated rings. The van der Waals surface area contributed by atoms with E-state index in [1.165, 1.54) is 5.56 Å². The summed E-state index contributed by atoms with van der Waals surface area (Å²) in [7, 11) is 0. The number of hydrogen-bond acceptors (Lipinski definition) is 4. The van der Waals surface area contributed by atoms with Crippen LogP contribution in [0.15, 0.2) is 48.5 Å². The topological polar surface area (TPSA) is 71.1 Å². The lowest BCUT2D eigenvalue weighted by atomic mass is 10.1. The van der Waals surface area contributed by atoms with E-state index < -0.39 is 0 Å². The molecule has 0 atom stereocenters. The van der Waals surface area contributed by atoms with Gasteiger partial charge in [-0.15, -0.1) is 0 Å². The lowest BCUT2D eigenvalue weighted by Gasteiger charge is -2.11. The van der Waals surface area contributed by atoms with E-state index in [-0.39, 0.29) is 13.2 Å². The minimum atomic E-state index is 0.192. The van der Waals surface area contributed by atoms with Crippen LogP contribution in [0.4, 0.5) is 0 Å². The Morgan fingerprint density at radius 3 is 2.36 bits per heavy atom. The van der Waals surface area contributed by atoms with Crippen LogP contribution in [0.3, 0.4) is 0 Å². The predicted molar refractivity (Wildman–Crippen MR) is 109 cm³/mol. The third-order valence-corrected chi connectivity index (χ3v) is 4.78. The van der Waals surface area contributed by atoms with Crippen LogP contribution in [0, 0.1) is 18.3 Å². The van der Waals surface area contributed by atoms with E-state index in [1.54, 1.807) is 4.68 Å². The maximum absolute atomic E-state index is 9.58. The molecule has 0 saturated carbocycles. The lowest BCUT2D eigenvalue weighted by Crippen LogP contribution is -2.07. The van der Waals surface area contributed by atoms with Crippen LogP contribution in [-0.2, 0) is 19.4 Å². The van der Waals surface area contributed by atoms with Gasteiger partial charge in [0.25, 0.3) is 0 Å². The Balaban J connectivity index is 1.81. The van der Waals surface area contributed by atoms with Crippen molar-refractivity contribution in [3.8, 4) is 17.5 Å². The van der Waals surface area contributed by atoms with Crippen molar-refractivity contribution in [3.63, 3.8) is 0 Å². The Morgan fingerprint density at radius 1 is 1.07 bits per heavy atom. The molecule has 0 saturated heterocycles. The summed E-state index contributed by atoms with van der Waals surface area (Å²) in [5.41, 5.74) is 5.33. The molecular weight excluding hydrogens is 350 g/mol. The van der Waals surface area contributed by atoms with Crippen molar-refractivity contribution in [2.45, 2.75) is 39.7 Å². The zero-order valence-electron chi connectivity index (χ0n) is 16.4. The van der Waals surface area contributed by atoms with Gasteiger partial charge in [0.1, 0.15) is 24.0 Å². The molecule has 0 unspecified atom stereocenters. The summed E-state index contributed by atoms with van der Waals surface area (Å²) in [6, 6.07) is 18.3. The first-order valence-corrected chi connectivity index (χ1v) is 9.56. The predicted octanol–water partition coefficient (Wildman–Crippen LogP) is 4.12. The highest BCUT2D eigenvalue weighted by molar-refractivity contribution is 5.44. The normalized spacial score (nSPS) is 10.6. The van der Waals surface area contributed by atoms with Crippen molar-refractivity contribution in [2.24, 2.45) is 0 Å². The van der Waals surface area contributed by atoms with Gasteiger partial charge in [0, 0.05) is 6.61 Å². The molecule has 0 aliphatic rings. The number of aliphatic hydroxyl groups excluding tert-OH is 1. The highest BCUT2D eigenvalue weighted by atomic mass is 16.5. The van der Waals surface area contributed by atoms with Gasteiger partial charge in [0.2, 0.25) is 0 Å². The smallest absolute Gasteiger partial charge is 0.132 e. The number of nitrogens with zero attached hydrogens (tertiary/aromatic N) is 3. The molecule has 5 heteroatoms. The van der Waals surface area contributed by atoms with E-state index in [2.05, 4.69) is 30.2 Å². The average molecular weight is 375 g/mol. The van der Waals surface area contributed by atoms with E-state index in [0.29, 0.717) is 11.3 Å². The monoisotopic (exact) mass is 375 g/mol. The van der Waals surface area contributed by atoms with Gasteiger partial charge in [-0.2, -0.15) is 10.4 Å². The highest BCUT2D eigenvalue weighted by Crippen LogP contribution is 2.21. The molecule has 5 nitrogen and oxygen atoms in total. The van der Waals surface area contributed by atoms with Crippen LogP contribution in [0.25, 0.3) is 5.69 Å². The zero-order chi connectivity index (χ0) is 19.9. The van der Waals surface area contributed by atoms with Crippen molar-refractivity contribution >= 4 is 0 Å². The molecule has 1 aromatic heterocycles. The summed E-state index contributed by atoms with van der Waals surface area (Å²) < 4.78 is 7.75. The minimum Gasteiger partial charge on any atom is -0.487 e. The van der Waals surface area contributed by atoms with E-state index in [0.717, 1.165) is 42.0 Å². The molecule has 3 rings (SSSR count). The van der Waals surface area contributed by atoms with E-state index in [9.17, 15) is 5.26 Å². The molecule has 1 heterocycles. The number of nitriles is 1. The standard InChI is InChI=1S/C23H25N3O2/c1-3-18-6-10-20(11-7-18)26-23(22(15-24)17(2)25-26)16-28-21-12-8-19(9-13-21)5-4-14-27/h6-13,27H,3-5,14,16H2,1-2H3. The van der Waals surface area contributed by atoms with Gasteiger partial charge >= 0.3 is 0 Å². The first-order chi connectivity index (χ1) is 13.7. The Morgan fingerprint density at radius 2 is 1.75 bits per heavy atom. The molecule has 28 heavy (non-hydrogen) atoms. The largest absolute Gasteiger partial charge is 0.487 e. The highest BCUT2D eigenvalue weighted by Gasteiger charge is 2.17. The van der Waals surface area contributed by atoms with E-state index in [1.807, 2.05) is 43.3 Å². The number of hydrogen-bond donors (Lipinski definition) is 1. The number of aliphatic hydroxyl groups is 1. The molecule has 0 spiro atoms. The Hall–Kier alpha value is -3.10. The Kier molecular flexibility index (Phi) is 6.46. The molecule has 0 bridgehead atoms. The van der Waals surface area contributed by atoms with Crippen molar-refractivity contribution in [1.29, 1.82) is 5.26 Å². The van der Waals surface area contributed by atoms with Gasteiger partial charge in [0.15, 0.2) is 0 Å². The quantitative estimate of drug-likeness (QED) is 0.643. The first-order valence-electron chi connectivity index (χ1n) is 9.56. The Bertz CT molecular complexity index is 951. The maximum Gasteiger partial charge on any atom is 0.132 e. The SMILES string of the molecule is CCc1ccc(-n2nc(C)c(C#N)c2COc2ccc(CCCO)cc2)cc1. The van der Waals surface area contributed by atoms with Crippen molar-refractivity contribution < 1.29 is 9.84 Å². The number of aromatic nitrogens is 2. The second-order valence-corrected chi connectivity index (χ2v) is 6.71. The summed E-state index contributed by atoms with van der Waals surface area (Å²) in [6.45, 7) is 4.41. The van der Waals surface area contributed by atoms with Crippen molar-refractivity contribution in [3.05, 3.63) is 76.6 Å². The number of rotatable bonds is 8. The van der Waals surface area contributed by atoms with E-state index >= 15 is 0 Å². The van der Waals surface area contributed by atoms with Crippen LogP contribution >= 0.6 is 0 Å². The third-order valence-electron chi connectivity index (χ3n) is 4.78. The van der Waals surface area contributed by atoms with Gasteiger partial charge in [0.05, 0.1) is 17.1 Å². The lowest BCUT2D eigenvalue weighted by molar-refractivity contribution is 0.288. The maximum atomic E-state index is 9.58. The summed E-state index contributed by atoms with van der Waals surface area (Å²) in [4.78, 5) is 0. The zero-order valence-corrected chi connectivity index (χ0v) is 16.4. The van der Waals surface area contributed by atoms with Crippen molar-refractivity contribution in [2.75, 3.05) is 6.61 Å². The fourth-order valence-corrected chi connectivity index (χ4v) is 3.13. The molecule has 0 aliphatic carbocycles. The number of benzene rings is 2. The van der Waals surface area contributed by atoms with Crippen LogP contribution < -0.4 is 4.74 Å². The van der Waals surface area contributed by atoms with Crippen LogP contribution in [0.1, 0.15) is 41.4 Å².